The average molecular weight is 573 g/mol. The van der Waals surface area contributed by atoms with Crippen molar-refractivity contribution in [2.75, 3.05) is 58.9 Å². The van der Waals surface area contributed by atoms with E-state index in [0.717, 1.165) is 12.8 Å². The van der Waals surface area contributed by atoms with Crippen molar-refractivity contribution >= 4 is 35.6 Å². The first-order valence-corrected chi connectivity index (χ1v) is 13.7. The van der Waals surface area contributed by atoms with Crippen molar-refractivity contribution < 1.29 is 49.2 Å². The van der Waals surface area contributed by atoms with E-state index in [1.54, 1.807) is 9.80 Å². The lowest BCUT2D eigenvalue weighted by Gasteiger charge is -2.30. The van der Waals surface area contributed by atoms with Gasteiger partial charge in [-0.15, -0.1) is 0 Å². The van der Waals surface area contributed by atoms with Gasteiger partial charge in [0.25, 0.3) is 0 Å². The fourth-order valence-corrected chi connectivity index (χ4v) is 4.74. The lowest BCUT2D eigenvalue weighted by molar-refractivity contribution is -0.140. The Hall–Kier alpha value is -3.10. The second-order valence-corrected chi connectivity index (χ2v) is 10.4. The maximum atomic E-state index is 12.8. The molecule has 1 amide bonds. The molecule has 0 aromatic carbocycles. The lowest BCUT2D eigenvalue weighted by atomic mass is 9.93. The third-order valence-electron chi connectivity index (χ3n) is 6.98. The fourth-order valence-electron chi connectivity index (χ4n) is 4.74. The molecule has 1 aliphatic rings. The van der Waals surface area contributed by atoms with Gasteiger partial charge in [-0.25, -0.2) is 0 Å². The number of hydrogen-bond donors (Lipinski definition) is 5. The van der Waals surface area contributed by atoms with E-state index in [2.05, 4.69) is 5.32 Å². The number of aliphatic carboxylic acids is 4. The van der Waals surface area contributed by atoms with E-state index in [0.29, 0.717) is 58.5 Å². The third-order valence-corrected chi connectivity index (χ3v) is 6.98. The first-order valence-electron chi connectivity index (χ1n) is 13.7. The van der Waals surface area contributed by atoms with E-state index >= 15 is 0 Å². The molecule has 0 bridgehead atoms. The monoisotopic (exact) mass is 572 g/mol. The number of carboxylic acids is 4. The van der Waals surface area contributed by atoms with E-state index < -0.39 is 35.8 Å². The molecule has 1 unspecified atom stereocenters. The molecule has 14 heteroatoms. The molecule has 14 nitrogen and oxygen atoms in total. The van der Waals surface area contributed by atoms with Gasteiger partial charge in [-0.2, -0.15) is 0 Å². The molecule has 0 radical (unpaired) electrons. The summed E-state index contributed by atoms with van der Waals surface area (Å²) in [7, 11) is 0. The molecule has 5 N–H and O–H groups in total. The van der Waals surface area contributed by atoms with Crippen molar-refractivity contribution in [3.63, 3.8) is 0 Å². The highest BCUT2D eigenvalue weighted by molar-refractivity contribution is 5.88. The van der Waals surface area contributed by atoms with E-state index in [-0.39, 0.29) is 50.6 Å². The zero-order valence-corrected chi connectivity index (χ0v) is 23.3. The van der Waals surface area contributed by atoms with Gasteiger partial charge in [0.15, 0.2) is 5.78 Å². The summed E-state index contributed by atoms with van der Waals surface area (Å²) >= 11 is 0. The van der Waals surface area contributed by atoms with Crippen molar-refractivity contribution in [1.29, 1.82) is 0 Å². The summed E-state index contributed by atoms with van der Waals surface area (Å²) in [4.78, 5) is 74.9. The normalized spacial score (nSPS) is 19.7. The number of hydrogen-bond acceptors (Lipinski definition) is 9. The zero-order chi connectivity index (χ0) is 30.1. The summed E-state index contributed by atoms with van der Waals surface area (Å²) in [5, 5.41) is 39.4. The maximum Gasteiger partial charge on any atom is 0.317 e. The van der Waals surface area contributed by atoms with E-state index in [1.165, 1.54) is 6.92 Å². The summed E-state index contributed by atoms with van der Waals surface area (Å²) in [6.07, 6.45) is 3.03. The number of carboxylic acid groups (broad SMARTS) is 4. The van der Waals surface area contributed by atoms with Crippen LogP contribution in [0.25, 0.3) is 0 Å². The maximum absolute atomic E-state index is 12.8. The first kappa shape index (κ1) is 34.9. The van der Waals surface area contributed by atoms with Crippen molar-refractivity contribution in [2.45, 2.75) is 64.3 Å². The minimum Gasteiger partial charge on any atom is -0.481 e. The summed E-state index contributed by atoms with van der Waals surface area (Å²) in [5.74, 6) is -4.71. The summed E-state index contributed by atoms with van der Waals surface area (Å²) in [5.41, 5.74) is 0. The molecule has 1 saturated heterocycles. The van der Waals surface area contributed by atoms with Crippen LogP contribution in [0.15, 0.2) is 0 Å². The Kier molecular flexibility index (Phi) is 16.6. The van der Waals surface area contributed by atoms with Crippen LogP contribution < -0.4 is 5.32 Å². The molecule has 1 rings (SSSR count). The van der Waals surface area contributed by atoms with Gasteiger partial charge >= 0.3 is 23.9 Å². The molecule has 40 heavy (non-hydrogen) atoms. The smallest absolute Gasteiger partial charge is 0.317 e. The van der Waals surface area contributed by atoms with Crippen LogP contribution in [0, 0.1) is 5.92 Å². The summed E-state index contributed by atoms with van der Waals surface area (Å²) < 4.78 is 0. The number of nitrogens with zero attached hydrogens (tertiary/aromatic N) is 3. The van der Waals surface area contributed by atoms with Crippen molar-refractivity contribution in [3.05, 3.63) is 0 Å². The minimum atomic E-state index is -1.07. The van der Waals surface area contributed by atoms with Crippen LogP contribution in [0.5, 0.6) is 0 Å². The summed E-state index contributed by atoms with van der Waals surface area (Å²) in [6, 6.07) is -0.915. The third kappa shape index (κ3) is 16.8. The standard InChI is InChI=1S/C26H44N4O10/c1-19(31)21(6-8-24(35)36)27-22(32)16-28-10-3-2-4-20(5-7-23(33)34)9-11-29(17-25(37)38)13-15-30(14-12-28)18-26(39)40/h20-21H,2-18H2,1H3,(H,27,32)(H,33,34)(H,35,36)(H,37,38)(H,39,40)/t20?,21-/m0/s1. The molecule has 1 fully saturated rings. The van der Waals surface area contributed by atoms with Crippen LogP contribution in [0.3, 0.4) is 0 Å². The predicted octanol–water partition coefficient (Wildman–Crippen LogP) is 0.0552. The highest BCUT2D eigenvalue weighted by atomic mass is 16.4. The Morgan fingerprint density at radius 3 is 1.70 bits per heavy atom. The topological polar surface area (TPSA) is 205 Å². The molecular formula is C26H44N4O10. The average Bonchev–Trinajstić information content (AvgIpc) is 2.84. The number of ketones is 1. The molecule has 0 aliphatic carbocycles. The van der Waals surface area contributed by atoms with Gasteiger partial charge in [0.2, 0.25) is 5.91 Å². The number of amides is 1. The van der Waals surface area contributed by atoms with Crippen molar-refractivity contribution in [3.8, 4) is 0 Å². The van der Waals surface area contributed by atoms with Crippen LogP contribution >= 0.6 is 0 Å². The van der Waals surface area contributed by atoms with Gasteiger partial charge in [0.1, 0.15) is 0 Å². The van der Waals surface area contributed by atoms with Gasteiger partial charge in [-0.3, -0.25) is 43.5 Å². The Morgan fingerprint density at radius 1 is 0.675 bits per heavy atom. The zero-order valence-electron chi connectivity index (χ0n) is 23.3. The molecule has 1 heterocycles. The Balaban J connectivity index is 2.99. The highest BCUT2D eigenvalue weighted by Crippen LogP contribution is 2.20. The van der Waals surface area contributed by atoms with Crippen LogP contribution in [0.1, 0.15) is 58.3 Å². The molecule has 0 aromatic heterocycles. The first-order chi connectivity index (χ1) is 18.8. The molecule has 2 atom stereocenters. The molecule has 228 valence electrons. The Bertz CT molecular complexity index is 868. The van der Waals surface area contributed by atoms with Gasteiger partial charge in [-0.05, 0) is 51.6 Å². The Labute approximate surface area is 234 Å². The number of carbonyl (C=O) groups is 6. The molecule has 1 aliphatic heterocycles. The van der Waals surface area contributed by atoms with Crippen LogP contribution in [0.4, 0.5) is 0 Å². The van der Waals surface area contributed by atoms with Crippen LogP contribution in [-0.4, -0.2) is 136 Å². The van der Waals surface area contributed by atoms with Crippen molar-refractivity contribution in [2.24, 2.45) is 5.92 Å². The molecule has 0 spiro atoms. The quantitative estimate of drug-likeness (QED) is 0.187. The van der Waals surface area contributed by atoms with Crippen LogP contribution in [-0.2, 0) is 28.8 Å². The van der Waals surface area contributed by atoms with E-state index in [4.69, 9.17) is 10.2 Å². The van der Waals surface area contributed by atoms with Crippen LogP contribution in [0.2, 0.25) is 0 Å². The molecule has 0 saturated carbocycles. The largest absolute Gasteiger partial charge is 0.481 e. The SMILES string of the molecule is CC(=O)[C@H](CCC(=O)O)NC(=O)CN1CCCCC(CCC(=O)O)CCN(CC(=O)O)CCN(CC(=O)O)CC1. The van der Waals surface area contributed by atoms with Gasteiger partial charge < -0.3 is 25.7 Å². The van der Waals surface area contributed by atoms with E-state index in [9.17, 15) is 39.0 Å². The number of nitrogens with one attached hydrogen (secondary N) is 1. The number of carbonyl (C=O) groups excluding carboxylic acids is 2. The second-order valence-electron chi connectivity index (χ2n) is 10.4. The highest BCUT2D eigenvalue weighted by Gasteiger charge is 2.22. The van der Waals surface area contributed by atoms with E-state index in [1.807, 2.05) is 4.90 Å². The van der Waals surface area contributed by atoms with Gasteiger partial charge in [0, 0.05) is 39.0 Å². The Morgan fingerprint density at radius 2 is 1.20 bits per heavy atom. The lowest BCUT2D eigenvalue weighted by Crippen LogP contribution is -2.48. The number of Topliss-reactive ketones (excluding diaryl/α,β-unsaturated/α-hetero) is 1. The minimum absolute atomic E-state index is 0.0154. The number of rotatable bonds is 14. The molecular weight excluding hydrogens is 528 g/mol. The van der Waals surface area contributed by atoms with Crippen molar-refractivity contribution in [1.82, 2.24) is 20.0 Å². The van der Waals surface area contributed by atoms with Gasteiger partial charge in [-0.1, -0.05) is 12.8 Å². The fraction of sp³-hybridized carbons (Fsp3) is 0.769. The second kappa shape index (κ2) is 19.1. The molecule has 0 aromatic rings. The van der Waals surface area contributed by atoms with Gasteiger partial charge in [0.05, 0.1) is 25.7 Å². The predicted molar refractivity (Wildman–Crippen MR) is 143 cm³/mol. The summed E-state index contributed by atoms with van der Waals surface area (Å²) in [6.45, 7) is 3.00.